The van der Waals surface area contributed by atoms with Gasteiger partial charge in [0.25, 0.3) is 0 Å². The van der Waals surface area contributed by atoms with Gasteiger partial charge in [-0.25, -0.2) is 0 Å². The molecule has 4 heteroatoms. The SMILES string of the molecule is COCOc1ccc(CNCC(C)C)cc1OC. The highest BCUT2D eigenvalue weighted by atomic mass is 16.7. The van der Waals surface area contributed by atoms with E-state index in [0.29, 0.717) is 11.7 Å². The predicted octanol–water partition coefficient (Wildman–Crippen LogP) is 2.42. The summed E-state index contributed by atoms with van der Waals surface area (Å²) >= 11 is 0. The van der Waals surface area contributed by atoms with Crippen LogP contribution in [-0.4, -0.2) is 27.6 Å². The first-order valence-electron chi connectivity index (χ1n) is 6.16. The van der Waals surface area contributed by atoms with Crippen molar-refractivity contribution in [1.29, 1.82) is 0 Å². The monoisotopic (exact) mass is 253 g/mol. The van der Waals surface area contributed by atoms with Gasteiger partial charge in [0, 0.05) is 13.7 Å². The molecule has 0 bridgehead atoms. The number of rotatable bonds is 8. The van der Waals surface area contributed by atoms with E-state index in [1.807, 2.05) is 18.2 Å². The number of ether oxygens (including phenoxy) is 3. The fourth-order valence-corrected chi connectivity index (χ4v) is 1.57. The zero-order chi connectivity index (χ0) is 13.4. The molecule has 0 saturated heterocycles. The molecule has 4 nitrogen and oxygen atoms in total. The van der Waals surface area contributed by atoms with Gasteiger partial charge >= 0.3 is 0 Å². The van der Waals surface area contributed by atoms with E-state index in [9.17, 15) is 0 Å². The van der Waals surface area contributed by atoms with E-state index >= 15 is 0 Å². The van der Waals surface area contributed by atoms with Gasteiger partial charge in [-0.15, -0.1) is 0 Å². The van der Waals surface area contributed by atoms with Crippen LogP contribution in [0.25, 0.3) is 0 Å². The summed E-state index contributed by atoms with van der Waals surface area (Å²) < 4.78 is 15.6. The third kappa shape index (κ3) is 4.94. The Bertz CT molecular complexity index is 353. The van der Waals surface area contributed by atoms with Gasteiger partial charge in [-0.2, -0.15) is 0 Å². The van der Waals surface area contributed by atoms with Crippen molar-refractivity contribution in [2.75, 3.05) is 27.6 Å². The number of benzene rings is 1. The van der Waals surface area contributed by atoms with Crippen LogP contribution in [0.5, 0.6) is 11.5 Å². The van der Waals surface area contributed by atoms with Crippen LogP contribution in [0, 0.1) is 5.92 Å². The maximum atomic E-state index is 5.41. The van der Waals surface area contributed by atoms with Crippen LogP contribution in [0.3, 0.4) is 0 Å². The summed E-state index contributed by atoms with van der Waals surface area (Å²) in [6, 6.07) is 5.92. The van der Waals surface area contributed by atoms with Crippen molar-refractivity contribution in [1.82, 2.24) is 5.32 Å². The van der Waals surface area contributed by atoms with Gasteiger partial charge in [0.05, 0.1) is 7.11 Å². The molecule has 0 unspecified atom stereocenters. The lowest BCUT2D eigenvalue weighted by atomic mass is 10.2. The number of methoxy groups -OCH3 is 2. The van der Waals surface area contributed by atoms with Crippen molar-refractivity contribution >= 4 is 0 Å². The lowest BCUT2D eigenvalue weighted by Gasteiger charge is -2.12. The summed E-state index contributed by atoms with van der Waals surface area (Å²) in [5, 5.41) is 3.39. The second-order valence-corrected chi connectivity index (χ2v) is 4.56. The smallest absolute Gasteiger partial charge is 0.188 e. The average molecular weight is 253 g/mol. The molecule has 0 atom stereocenters. The summed E-state index contributed by atoms with van der Waals surface area (Å²) in [4.78, 5) is 0. The van der Waals surface area contributed by atoms with Crippen molar-refractivity contribution in [3.63, 3.8) is 0 Å². The van der Waals surface area contributed by atoms with Crippen LogP contribution in [-0.2, 0) is 11.3 Å². The molecular weight excluding hydrogens is 230 g/mol. The van der Waals surface area contributed by atoms with Crippen LogP contribution >= 0.6 is 0 Å². The summed E-state index contributed by atoms with van der Waals surface area (Å²) in [7, 11) is 3.23. The Balaban J connectivity index is 2.60. The minimum Gasteiger partial charge on any atom is -0.493 e. The molecule has 0 amide bonds. The van der Waals surface area contributed by atoms with E-state index in [-0.39, 0.29) is 6.79 Å². The number of hydrogen-bond donors (Lipinski definition) is 1. The molecule has 0 aliphatic carbocycles. The van der Waals surface area contributed by atoms with Gasteiger partial charge in [0.15, 0.2) is 18.3 Å². The van der Waals surface area contributed by atoms with Crippen molar-refractivity contribution in [2.45, 2.75) is 20.4 Å². The third-order valence-electron chi connectivity index (χ3n) is 2.44. The molecule has 0 heterocycles. The molecule has 1 aromatic rings. The quantitative estimate of drug-likeness (QED) is 0.722. The molecule has 1 rings (SSSR count). The Morgan fingerprint density at radius 2 is 1.94 bits per heavy atom. The molecule has 0 fully saturated rings. The normalized spacial score (nSPS) is 10.7. The summed E-state index contributed by atoms with van der Waals surface area (Å²) in [5.74, 6) is 2.08. The second kappa shape index (κ2) is 7.95. The Kier molecular flexibility index (Phi) is 6.54. The minimum atomic E-state index is 0.224. The van der Waals surface area contributed by atoms with E-state index < -0.39 is 0 Å². The van der Waals surface area contributed by atoms with E-state index in [1.165, 1.54) is 5.56 Å². The van der Waals surface area contributed by atoms with Crippen LogP contribution < -0.4 is 14.8 Å². The zero-order valence-electron chi connectivity index (χ0n) is 11.7. The van der Waals surface area contributed by atoms with E-state index in [2.05, 4.69) is 19.2 Å². The maximum absolute atomic E-state index is 5.41. The van der Waals surface area contributed by atoms with Gasteiger partial charge in [-0.05, 0) is 30.2 Å². The maximum Gasteiger partial charge on any atom is 0.188 e. The van der Waals surface area contributed by atoms with Gasteiger partial charge < -0.3 is 19.5 Å². The molecular formula is C14H23NO3. The average Bonchev–Trinajstić information content (AvgIpc) is 2.36. The van der Waals surface area contributed by atoms with Crippen LogP contribution in [0.1, 0.15) is 19.4 Å². The Labute approximate surface area is 109 Å². The fourth-order valence-electron chi connectivity index (χ4n) is 1.57. The first kappa shape index (κ1) is 14.8. The number of nitrogens with one attached hydrogen (secondary N) is 1. The highest BCUT2D eigenvalue weighted by Crippen LogP contribution is 2.27. The first-order chi connectivity index (χ1) is 8.67. The van der Waals surface area contributed by atoms with E-state index in [1.54, 1.807) is 14.2 Å². The van der Waals surface area contributed by atoms with Crippen LogP contribution in [0.4, 0.5) is 0 Å². The molecule has 1 aromatic carbocycles. The second-order valence-electron chi connectivity index (χ2n) is 4.56. The third-order valence-corrected chi connectivity index (χ3v) is 2.44. The van der Waals surface area contributed by atoms with Crippen molar-refractivity contribution < 1.29 is 14.2 Å². The topological polar surface area (TPSA) is 39.7 Å². The molecule has 1 N–H and O–H groups in total. The molecule has 102 valence electrons. The fraction of sp³-hybridized carbons (Fsp3) is 0.571. The molecule has 0 spiro atoms. The Morgan fingerprint density at radius 3 is 2.56 bits per heavy atom. The minimum absolute atomic E-state index is 0.224. The molecule has 18 heavy (non-hydrogen) atoms. The van der Waals surface area contributed by atoms with E-state index in [0.717, 1.165) is 18.8 Å². The highest BCUT2D eigenvalue weighted by Gasteiger charge is 2.05. The van der Waals surface area contributed by atoms with Crippen molar-refractivity contribution in [3.8, 4) is 11.5 Å². The molecule has 0 radical (unpaired) electrons. The van der Waals surface area contributed by atoms with Gasteiger partial charge in [-0.1, -0.05) is 19.9 Å². The van der Waals surface area contributed by atoms with Gasteiger partial charge in [0.1, 0.15) is 0 Å². The van der Waals surface area contributed by atoms with E-state index in [4.69, 9.17) is 14.2 Å². The predicted molar refractivity (Wildman–Crippen MR) is 72.0 cm³/mol. The van der Waals surface area contributed by atoms with Crippen molar-refractivity contribution in [2.24, 2.45) is 5.92 Å². The molecule has 0 aliphatic heterocycles. The zero-order valence-corrected chi connectivity index (χ0v) is 11.7. The lowest BCUT2D eigenvalue weighted by Crippen LogP contribution is -2.18. The summed E-state index contributed by atoms with van der Waals surface area (Å²) in [6.07, 6.45) is 0. The lowest BCUT2D eigenvalue weighted by molar-refractivity contribution is 0.0491. The van der Waals surface area contributed by atoms with Gasteiger partial charge in [-0.3, -0.25) is 0 Å². The molecule has 0 saturated carbocycles. The van der Waals surface area contributed by atoms with Crippen molar-refractivity contribution in [3.05, 3.63) is 23.8 Å². The highest BCUT2D eigenvalue weighted by molar-refractivity contribution is 5.42. The van der Waals surface area contributed by atoms with Gasteiger partial charge in [0.2, 0.25) is 0 Å². The number of hydrogen-bond acceptors (Lipinski definition) is 4. The Hall–Kier alpha value is -1.26. The summed E-state index contributed by atoms with van der Waals surface area (Å²) in [6.45, 7) is 6.44. The van der Waals surface area contributed by atoms with Crippen LogP contribution in [0.2, 0.25) is 0 Å². The standard InChI is InChI=1S/C14H23NO3/c1-11(2)8-15-9-12-5-6-13(18-10-16-3)14(7-12)17-4/h5-7,11,15H,8-10H2,1-4H3. The summed E-state index contributed by atoms with van der Waals surface area (Å²) in [5.41, 5.74) is 1.18. The molecule has 0 aromatic heterocycles. The largest absolute Gasteiger partial charge is 0.493 e. The van der Waals surface area contributed by atoms with Crippen LogP contribution in [0.15, 0.2) is 18.2 Å². The first-order valence-corrected chi connectivity index (χ1v) is 6.16. The Morgan fingerprint density at radius 1 is 1.17 bits per heavy atom. The molecule has 0 aliphatic rings.